The highest BCUT2D eigenvalue weighted by molar-refractivity contribution is 5.83. The Morgan fingerprint density at radius 1 is 1.04 bits per heavy atom. The van der Waals surface area contributed by atoms with Crippen LogP contribution < -0.4 is 20.1 Å². The molecule has 2 aromatic carbocycles. The van der Waals surface area contributed by atoms with E-state index in [4.69, 9.17) is 14.5 Å². The molecule has 0 atom stereocenters. The highest BCUT2D eigenvalue weighted by atomic mass is 16.5. The van der Waals surface area contributed by atoms with E-state index in [9.17, 15) is 0 Å². The first-order valence-electron chi connectivity index (χ1n) is 9.53. The van der Waals surface area contributed by atoms with E-state index in [1.54, 1.807) is 14.2 Å². The summed E-state index contributed by atoms with van der Waals surface area (Å²) < 4.78 is 10.7. The first-order valence-corrected chi connectivity index (χ1v) is 9.53. The average Bonchev–Trinajstić information content (AvgIpc) is 3.15. The smallest absolute Gasteiger partial charge is 0.191 e. The number of guanidine groups is 1. The first-order chi connectivity index (χ1) is 13.7. The molecule has 0 aliphatic rings. The predicted molar refractivity (Wildman–Crippen MR) is 114 cm³/mol. The molecule has 0 spiro atoms. The number of hydrogen-bond acceptors (Lipinski definition) is 3. The molecule has 0 aliphatic heterocycles. The number of aromatic nitrogens is 1. The second kappa shape index (κ2) is 9.69. The van der Waals surface area contributed by atoms with Crippen molar-refractivity contribution in [1.82, 2.24) is 15.6 Å². The molecule has 0 bridgehead atoms. The van der Waals surface area contributed by atoms with Gasteiger partial charge >= 0.3 is 0 Å². The lowest BCUT2D eigenvalue weighted by Crippen LogP contribution is -2.38. The number of benzene rings is 2. The molecule has 1 heterocycles. The fourth-order valence-electron chi connectivity index (χ4n) is 3.14. The molecule has 1 aromatic heterocycles. The topological polar surface area (TPSA) is 70.7 Å². The summed E-state index contributed by atoms with van der Waals surface area (Å²) in [5.41, 5.74) is 3.48. The Bertz CT molecular complexity index is 933. The quantitative estimate of drug-likeness (QED) is 0.413. The Kier molecular flexibility index (Phi) is 6.78. The zero-order chi connectivity index (χ0) is 19.8. The SMILES string of the molecule is CCNC(=NCc1ccc(OC)cc1OC)NCCc1c[nH]c2ccccc12. The van der Waals surface area contributed by atoms with Gasteiger partial charge in [0.25, 0.3) is 0 Å². The van der Waals surface area contributed by atoms with Crippen molar-refractivity contribution in [3.63, 3.8) is 0 Å². The van der Waals surface area contributed by atoms with Crippen LogP contribution in [0.5, 0.6) is 11.5 Å². The first kappa shape index (κ1) is 19.6. The van der Waals surface area contributed by atoms with Crippen LogP contribution in [0, 0.1) is 0 Å². The molecule has 3 aromatic rings. The molecule has 28 heavy (non-hydrogen) atoms. The minimum Gasteiger partial charge on any atom is -0.497 e. The van der Waals surface area contributed by atoms with Crippen LogP contribution in [0.1, 0.15) is 18.1 Å². The molecule has 3 N–H and O–H groups in total. The molecule has 0 aliphatic carbocycles. The number of hydrogen-bond donors (Lipinski definition) is 3. The second-order valence-electron chi connectivity index (χ2n) is 6.41. The van der Waals surface area contributed by atoms with Crippen molar-refractivity contribution in [3.05, 3.63) is 59.8 Å². The van der Waals surface area contributed by atoms with E-state index in [2.05, 4.69) is 46.9 Å². The minimum atomic E-state index is 0.523. The maximum Gasteiger partial charge on any atom is 0.191 e. The van der Waals surface area contributed by atoms with Gasteiger partial charge in [-0.3, -0.25) is 0 Å². The Morgan fingerprint density at radius 2 is 1.89 bits per heavy atom. The molecule has 0 amide bonds. The zero-order valence-electron chi connectivity index (χ0n) is 16.7. The number of aliphatic imine (C=N–C) groups is 1. The van der Waals surface area contributed by atoms with Crippen LogP contribution in [0.4, 0.5) is 0 Å². The summed E-state index contributed by atoms with van der Waals surface area (Å²) in [7, 11) is 3.31. The molecule has 148 valence electrons. The monoisotopic (exact) mass is 380 g/mol. The van der Waals surface area contributed by atoms with Gasteiger partial charge in [0.05, 0.1) is 20.8 Å². The molecule has 6 nitrogen and oxygen atoms in total. The number of methoxy groups -OCH3 is 2. The standard InChI is InChI=1S/C22H28N4O2/c1-4-23-22(26-15-17-9-10-18(27-2)13-21(17)28-3)24-12-11-16-14-25-20-8-6-5-7-19(16)20/h5-10,13-14,25H,4,11-12,15H2,1-3H3,(H2,23,24,26). The summed E-state index contributed by atoms with van der Waals surface area (Å²) in [5.74, 6) is 2.34. The number of ether oxygens (including phenoxy) is 2. The van der Waals surface area contributed by atoms with Gasteiger partial charge in [0.2, 0.25) is 0 Å². The van der Waals surface area contributed by atoms with Crippen LogP contribution in [0.25, 0.3) is 10.9 Å². The number of nitrogens with zero attached hydrogens (tertiary/aromatic N) is 1. The molecular formula is C22H28N4O2. The molecule has 0 saturated heterocycles. The molecule has 0 radical (unpaired) electrons. The Labute approximate surface area is 166 Å². The Hall–Kier alpha value is -3.15. The van der Waals surface area contributed by atoms with Crippen molar-refractivity contribution in [1.29, 1.82) is 0 Å². The summed E-state index contributed by atoms with van der Waals surface area (Å²) in [6.07, 6.45) is 3.00. The molecule has 0 saturated carbocycles. The molecule has 6 heteroatoms. The number of rotatable bonds is 8. The van der Waals surface area contributed by atoms with Crippen molar-refractivity contribution in [3.8, 4) is 11.5 Å². The molecular weight excluding hydrogens is 352 g/mol. The second-order valence-corrected chi connectivity index (χ2v) is 6.41. The van der Waals surface area contributed by atoms with Gasteiger partial charge in [-0.1, -0.05) is 18.2 Å². The van der Waals surface area contributed by atoms with Crippen molar-refractivity contribution >= 4 is 16.9 Å². The van der Waals surface area contributed by atoms with Crippen molar-refractivity contribution in [2.24, 2.45) is 4.99 Å². The summed E-state index contributed by atoms with van der Waals surface area (Å²) in [6.45, 7) is 4.19. The lowest BCUT2D eigenvalue weighted by molar-refractivity contribution is 0.391. The average molecular weight is 380 g/mol. The maximum atomic E-state index is 5.46. The number of H-pyrrole nitrogens is 1. The maximum absolute atomic E-state index is 5.46. The minimum absolute atomic E-state index is 0.523. The van der Waals surface area contributed by atoms with Gasteiger partial charge in [-0.05, 0) is 37.1 Å². The summed E-state index contributed by atoms with van der Waals surface area (Å²) >= 11 is 0. The van der Waals surface area contributed by atoms with Crippen LogP contribution in [-0.4, -0.2) is 38.3 Å². The number of aromatic amines is 1. The third kappa shape index (κ3) is 4.76. The van der Waals surface area contributed by atoms with Gasteiger partial charge in [-0.15, -0.1) is 0 Å². The largest absolute Gasteiger partial charge is 0.497 e. The van der Waals surface area contributed by atoms with Crippen LogP contribution in [-0.2, 0) is 13.0 Å². The van der Waals surface area contributed by atoms with Gasteiger partial charge in [0, 0.05) is 41.8 Å². The van der Waals surface area contributed by atoms with E-state index in [-0.39, 0.29) is 0 Å². The summed E-state index contributed by atoms with van der Waals surface area (Å²) in [5, 5.41) is 7.98. The zero-order valence-corrected chi connectivity index (χ0v) is 16.7. The van der Waals surface area contributed by atoms with E-state index in [0.29, 0.717) is 6.54 Å². The molecule has 3 rings (SSSR count). The van der Waals surface area contributed by atoms with E-state index >= 15 is 0 Å². The van der Waals surface area contributed by atoms with Crippen LogP contribution in [0.15, 0.2) is 53.7 Å². The third-order valence-corrected chi connectivity index (χ3v) is 4.61. The van der Waals surface area contributed by atoms with Crippen molar-refractivity contribution in [2.75, 3.05) is 27.3 Å². The van der Waals surface area contributed by atoms with Gasteiger partial charge < -0.3 is 25.1 Å². The van der Waals surface area contributed by atoms with Gasteiger partial charge in [0.1, 0.15) is 11.5 Å². The third-order valence-electron chi connectivity index (χ3n) is 4.61. The fraction of sp³-hybridized carbons (Fsp3) is 0.318. The van der Waals surface area contributed by atoms with Crippen molar-refractivity contribution < 1.29 is 9.47 Å². The summed E-state index contributed by atoms with van der Waals surface area (Å²) in [6, 6.07) is 14.1. The van der Waals surface area contributed by atoms with E-state index in [1.165, 1.54) is 16.5 Å². The lowest BCUT2D eigenvalue weighted by atomic mass is 10.1. The van der Waals surface area contributed by atoms with Gasteiger partial charge in [0.15, 0.2) is 5.96 Å². The lowest BCUT2D eigenvalue weighted by Gasteiger charge is -2.12. The summed E-state index contributed by atoms with van der Waals surface area (Å²) in [4.78, 5) is 8.02. The van der Waals surface area contributed by atoms with Crippen molar-refractivity contribution in [2.45, 2.75) is 19.9 Å². The normalized spacial score (nSPS) is 11.5. The van der Waals surface area contributed by atoms with E-state index < -0.39 is 0 Å². The predicted octanol–water partition coefficient (Wildman–Crippen LogP) is 3.48. The highest BCUT2D eigenvalue weighted by Crippen LogP contribution is 2.25. The molecule has 0 fully saturated rings. The Balaban J connectivity index is 1.63. The number of nitrogens with one attached hydrogen (secondary N) is 3. The number of para-hydroxylation sites is 1. The van der Waals surface area contributed by atoms with Crippen LogP contribution in [0.2, 0.25) is 0 Å². The van der Waals surface area contributed by atoms with Crippen LogP contribution >= 0.6 is 0 Å². The number of fused-ring (bicyclic) bond motifs is 1. The van der Waals surface area contributed by atoms with Gasteiger partial charge in [-0.2, -0.15) is 0 Å². The van der Waals surface area contributed by atoms with E-state index in [1.807, 2.05) is 24.3 Å². The van der Waals surface area contributed by atoms with E-state index in [0.717, 1.165) is 42.5 Å². The van der Waals surface area contributed by atoms with Gasteiger partial charge in [-0.25, -0.2) is 4.99 Å². The molecule has 0 unspecified atom stereocenters. The fourth-order valence-corrected chi connectivity index (χ4v) is 3.14. The Morgan fingerprint density at radius 3 is 2.68 bits per heavy atom. The van der Waals surface area contributed by atoms with Crippen LogP contribution in [0.3, 0.4) is 0 Å². The highest BCUT2D eigenvalue weighted by Gasteiger charge is 2.06.